The van der Waals surface area contributed by atoms with Crippen molar-refractivity contribution in [3.8, 4) is 17.6 Å². The van der Waals surface area contributed by atoms with Gasteiger partial charge in [-0.25, -0.2) is 0 Å². The van der Waals surface area contributed by atoms with Gasteiger partial charge in [0.2, 0.25) is 0 Å². The number of nitriles is 1. The topological polar surface area (TPSA) is 83.4 Å². The van der Waals surface area contributed by atoms with E-state index in [1.54, 1.807) is 14.2 Å². The second kappa shape index (κ2) is 10.3. The fraction of sp³-hybridized carbons (Fsp3) is 0.500. The first kappa shape index (κ1) is 19.6. The normalized spacial score (nSPS) is 15.0. The van der Waals surface area contributed by atoms with E-state index >= 15 is 0 Å². The molecular formula is C20H27N3O3. The highest BCUT2D eigenvalue weighted by atomic mass is 16.5. The van der Waals surface area contributed by atoms with E-state index in [2.05, 4.69) is 10.6 Å². The van der Waals surface area contributed by atoms with E-state index in [9.17, 15) is 10.1 Å². The van der Waals surface area contributed by atoms with E-state index in [0.29, 0.717) is 18.0 Å². The van der Waals surface area contributed by atoms with Crippen LogP contribution in [0.15, 0.2) is 30.0 Å². The summed E-state index contributed by atoms with van der Waals surface area (Å²) in [6.07, 6.45) is 7.73. The van der Waals surface area contributed by atoms with Crippen molar-refractivity contribution in [2.24, 2.45) is 0 Å². The molecule has 0 aliphatic heterocycles. The van der Waals surface area contributed by atoms with Crippen molar-refractivity contribution in [2.45, 2.75) is 44.6 Å². The van der Waals surface area contributed by atoms with E-state index in [1.165, 1.54) is 12.6 Å². The summed E-state index contributed by atoms with van der Waals surface area (Å²) in [6, 6.07) is 7.92. The minimum absolute atomic E-state index is 0.114. The summed E-state index contributed by atoms with van der Waals surface area (Å²) in [7, 11) is 3.21. The van der Waals surface area contributed by atoms with Crippen LogP contribution in [0.3, 0.4) is 0 Å². The zero-order valence-corrected chi connectivity index (χ0v) is 15.5. The number of rotatable bonds is 8. The molecule has 1 aliphatic rings. The van der Waals surface area contributed by atoms with Crippen molar-refractivity contribution in [3.05, 3.63) is 35.5 Å². The summed E-state index contributed by atoms with van der Waals surface area (Å²) in [5.41, 5.74) is 1.19. The molecule has 26 heavy (non-hydrogen) atoms. The lowest BCUT2D eigenvalue weighted by molar-refractivity contribution is -0.118. The number of nitrogens with zero attached hydrogens (tertiary/aromatic N) is 1. The molecule has 1 aromatic rings. The predicted octanol–water partition coefficient (Wildman–Crippen LogP) is 2.69. The molecular weight excluding hydrogens is 330 g/mol. The molecule has 0 heterocycles. The average molecular weight is 357 g/mol. The predicted molar refractivity (Wildman–Crippen MR) is 100.0 cm³/mol. The molecule has 0 unspecified atom stereocenters. The van der Waals surface area contributed by atoms with Gasteiger partial charge in [0.1, 0.15) is 11.6 Å². The van der Waals surface area contributed by atoms with Crippen LogP contribution >= 0.6 is 0 Å². The van der Waals surface area contributed by atoms with E-state index < -0.39 is 0 Å². The first-order chi connectivity index (χ1) is 12.7. The number of carbonyl (C=O) groups excluding carboxylic acids is 1. The third-order valence-corrected chi connectivity index (χ3v) is 4.56. The Balaban J connectivity index is 1.83. The van der Waals surface area contributed by atoms with Crippen LogP contribution in [0.5, 0.6) is 11.5 Å². The second-order valence-corrected chi connectivity index (χ2v) is 6.37. The molecule has 0 atom stereocenters. The maximum Gasteiger partial charge on any atom is 0.263 e. The lowest BCUT2D eigenvalue weighted by Gasteiger charge is -2.22. The minimum atomic E-state index is -0.294. The molecule has 6 heteroatoms. The fourth-order valence-electron chi connectivity index (χ4n) is 3.09. The Morgan fingerprint density at radius 3 is 2.62 bits per heavy atom. The number of nitrogens with one attached hydrogen (secondary N) is 2. The zero-order valence-electron chi connectivity index (χ0n) is 15.5. The number of amides is 1. The van der Waals surface area contributed by atoms with Crippen LogP contribution in [-0.2, 0) is 11.2 Å². The van der Waals surface area contributed by atoms with Crippen LogP contribution in [-0.4, -0.2) is 32.7 Å². The van der Waals surface area contributed by atoms with Gasteiger partial charge in [-0.2, -0.15) is 5.26 Å². The summed E-state index contributed by atoms with van der Waals surface area (Å²) >= 11 is 0. The summed E-state index contributed by atoms with van der Waals surface area (Å²) in [5.74, 6) is 1.08. The lowest BCUT2D eigenvalue weighted by atomic mass is 9.95. The molecule has 1 amide bonds. The molecule has 0 bridgehead atoms. The highest BCUT2D eigenvalue weighted by Gasteiger charge is 2.17. The molecule has 1 aliphatic carbocycles. The average Bonchev–Trinajstić information content (AvgIpc) is 2.68. The quantitative estimate of drug-likeness (QED) is 0.425. The summed E-state index contributed by atoms with van der Waals surface area (Å²) in [6.45, 7) is 0.609. The highest BCUT2D eigenvalue weighted by Crippen LogP contribution is 2.27. The van der Waals surface area contributed by atoms with Crippen LogP contribution in [0.1, 0.15) is 37.7 Å². The molecule has 0 aromatic heterocycles. The van der Waals surface area contributed by atoms with E-state index in [4.69, 9.17) is 9.47 Å². The molecule has 2 rings (SSSR count). The van der Waals surface area contributed by atoms with Gasteiger partial charge in [-0.15, -0.1) is 0 Å². The van der Waals surface area contributed by atoms with Gasteiger partial charge in [0.25, 0.3) is 5.91 Å². The van der Waals surface area contributed by atoms with Gasteiger partial charge in [-0.3, -0.25) is 4.79 Å². The molecule has 1 fully saturated rings. The van der Waals surface area contributed by atoms with Crippen LogP contribution < -0.4 is 20.1 Å². The standard InChI is InChI=1S/C20H27N3O3/c1-25-18-9-8-15(12-19(18)26-2)10-11-22-14-16(13-21)20(24)23-17-6-4-3-5-7-17/h8-9,12,14,17,22H,3-7,10-11H2,1-2H3,(H,23,24)/b16-14-. The van der Waals surface area contributed by atoms with Gasteiger partial charge in [0, 0.05) is 18.8 Å². The highest BCUT2D eigenvalue weighted by molar-refractivity contribution is 5.97. The van der Waals surface area contributed by atoms with Gasteiger partial charge in [-0.1, -0.05) is 25.3 Å². The maximum absolute atomic E-state index is 12.2. The molecule has 1 aromatic carbocycles. The Labute approximate surface area is 155 Å². The van der Waals surface area contributed by atoms with Crippen molar-refractivity contribution in [3.63, 3.8) is 0 Å². The summed E-state index contributed by atoms with van der Waals surface area (Å²) in [5, 5.41) is 15.2. The lowest BCUT2D eigenvalue weighted by Crippen LogP contribution is -2.37. The minimum Gasteiger partial charge on any atom is -0.493 e. The van der Waals surface area contributed by atoms with Crippen molar-refractivity contribution >= 4 is 5.91 Å². The van der Waals surface area contributed by atoms with Crippen molar-refractivity contribution < 1.29 is 14.3 Å². The van der Waals surface area contributed by atoms with Crippen molar-refractivity contribution in [2.75, 3.05) is 20.8 Å². The van der Waals surface area contributed by atoms with Gasteiger partial charge < -0.3 is 20.1 Å². The zero-order chi connectivity index (χ0) is 18.8. The molecule has 0 radical (unpaired) electrons. The van der Waals surface area contributed by atoms with E-state index in [1.807, 2.05) is 24.3 Å². The van der Waals surface area contributed by atoms with Crippen LogP contribution in [0.4, 0.5) is 0 Å². The summed E-state index contributed by atoms with van der Waals surface area (Å²) < 4.78 is 10.5. The van der Waals surface area contributed by atoms with Gasteiger partial charge >= 0.3 is 0 Å². The van der Waals surface area contributed by atoms with Gasteiger partial charge in [-0.05, 0) is 37.0 Å². The molecule has 140 valence electrons. The number of carbonyl (C=O) groups is 1. The largest absolute Gasteiger partial charge is 0.493 e. The van der Waals surface area contributed by atoms with Crippen molar-refractivity contribution in [1.29, 1.82) is 5.26 Å². The summed E-state index contributed by atoms with van der Waals surface area (Å²) in [4.78, 5) is 12.2. The smallest absolute Gasteiger partial charge is 0.263 e. The van der Waals surface area contributed by atoms with E-state index in [0.717, 1.165) is 37.7 Å². The number of methoxy groups -OCH3 is 2. The SMILES string of the molecule is COc1ccc(CCN/C=C(/C#N)C(=O)NC2CCCCC2)cc1OC. The molecule has 6 nitrogen and oxygen atoms in total. The Bertz CT molecular complexity index is 673. The first-order valence-electron chi connectivity index (χ1n) is 9.03. The molecule has 1 saturated carbocycles. The van der Waals surface area contributed by atoms with Crippen LogP contribution in [0.25, 0.3) is 0 Å². The Morgan fingerprint density at radius 1 is 1.23 bits per heavy atom. The molecule has 0 spiro atoms. The Morgan fingerprint density at radius 2 is 1.96 bits per heavy atom. The Kier molecular flexibility index (Phi) is 7.81. The number of benzene rings is 1. The monoisotopic (exact) mass is 357 g/mol. The first-order valence-corrected chi connectivity index (χ1v) is 9.03. The van der Waals surface area contributed by atoms with Gasteiger partial charge in [0.05, 0.1) is 14.2 Å². The second-order valence-electron chi connectivity index (χ2n) is 6.37. The van der Waals surface area contributed by atoms with Crippen LogP contribution in [0, 0.1) is 11.3 Å². The van der Waals surface area contributed by atoms with Crippen LogP contribution in [0.2, 0.25) is 0 Å². The maximum atomic E-state index is 12.2. The van der Waals surface area contributed by atoms with Crippen molar-refractivity contribution in [1.82, 2.24) is 10.6 Å². The third-order valence-electron chi connectivity index (χ3n) is 4.56. The number of ether oxygens (including phenoxy) is 2. The number of hydrogen-bond acceptors (Lipinski definition) is 5. The Hall–Kier alpha value is -2.68. The third kappa shape index (κ3) is 5.69. The molecule has 0 saturated heterocycles. The fourth-order valence-corrected chi connectivity index (χ4v) is 3.09. The van der Waals surface area contributed by atoms with E-state index in [-0.39, 0.29) is 17.5 Å². The van der Waals surface area contributed by atoms with Gasteiger partial charge in [0.15, 0.2) is 11.5 Å². The number of hydrogen-bond donors (Lipinski definition) is 2. The molecule has 2 N–H and O–H groups in total.